The van der Waals surface area contributed by atoms with Crippen molar-refractivity contribution in [1.82, 2.24) is 15.4 Å². The van der Waals surface area contributed by atoms with E-state index < -0.39 is 33.0 Å². The highest BCUT2D eigenvalue weighted by atomic mass is 35.5. The number of urea groups is 1. The van der Waals surface area contributed by atoms with Crippen LogP contribution in [0.2, 0.25) is 5.02 Å². The lowest BCUT2D eigenvalue weighted by Gasteiger charge is -2.24. The number of carboxylic acid groups (broad SMARTS) is 1. The number of hydrogen-bond donors (Lipinski definition) is 4. The van der Waals surface area contributed by atoms with Crippen LogP contribution < -0.4 is 15.4 Å². The van der Waals surface area contributed by atoms with Gasteiger partial charge in [0.2, 0.25) is 0 Å². The summed E-state index contributed by atoms with van der Waals surface area (Å²) < 4.78 is 29.2. The molecule has 11 heteroatoms. The van der Waals surface area contributed by atoms with Gasteiger partial charge in [0, 0.05) is 28.4 Å². The first-order chi connectivity index (χ1) is 16.6. The maximum Gasteiger partial charge on any atom is 0.325 e. The largest absolute Gasteiger partial charge is 0.480 e. The van der Waals surface area contributed by atoms with Gasteiger partial charge in [0.15, 0.2) is 0 Å². The number of carbonyl (C=O) groups excluding carboxylic acids is 1. The molecule has 1 heterocycles. The number of hydrogen-bond acceptors (Lipinski definition) is 5. The summed E-state index contributed by atoms with van der Waals surface area (Å²) in [6.45, 7) is 2.10. The van der Waals surface area contributed by atoms with Crippen LogP contribution in [-0.4, -0.2) is 44.2 Å². The minimum Gasteiger partial charge on any atom is -0.480 e. The molecule has 4 N–H and O–H groups in total. The molecule has 1 saturated carbocycles. The second kappa shape index (κ2) is 9.62. The Hall–Kier alpha value is -2.92. The molecule has 1 aliphatic rings. The van der Waals surface area contributed by atoms with Crippen LogP contribution in [-0.2, 0) is 20.2 Å². The highest BCUT2D eigenvalue weighted by Gasteiger charge is 2.74. The Balaban J connectivity index is 1.66. The van der Waals surface area contributed by atoms with E-state index >= 15 is 0 Å². The zero-order valence-corrected chi connectivity index (χ0v) is 21.1. The summed E-state index contributed by atoms with van der Waals surface area (Å²) in [7, 11) is -4.19. The second-order valence-corrected chi connectivity index (χ2v) is 11.7. The summed E-state index contributed by atoms with van der Waals surface area (Å²) in [6, 6.07) is 18.4. The zero-order chi connectivity index (χ0) is 25.3. The van der Waals surface area contributed by atoms with Gasteiger partial charge in [-0.15, -0.1) is 11.3 Å². The second-order valence-electron chi connectivity index (χ2n) is 8.28. The van der Waals surface area contributed by atoms with Crippen LogP contribution >= 0.6 is 22.9 Å². The Labute approximate surface area is 212 Å². The van der Waals surface area contributed by atoms with Gasteiger partial charge in [0.25, 0.3) is 10.0 Å². The van der Waals surface area contributed by atoms with Crippen LogP contribution in [0.15, 0.2) is 70.9 Å². The van der Waals surface area contributed by atoms with E-state index in [0.29, 0.717) is 22.0 Å². The van der Waals surface area contributed by atoms with Gasteiger partial charge < -0.3 is 15.7 Å². The molecule has 3 aromatic rings. The topological polar surface area (TPSA) is 125 Å². The van der Waals surface area contributed by atoms with Crippen molar-refractivity contribution in [3.8, 4) is 10.4 Å². The third-order valence-corrected chi connectivity index (χ3v) is 9.49. The van der Waals surface area contributed by atoms with Gasteiger partial charge in [-0.1, -0.05) is 54.1 Å². The Morgan fingerprint density at radius 3 is 2.34 bits per heavy atom. The normalized spacial score (nSPS) is 21.3. The molecule has 1 aliphatic carbocycles. The number of thiophene rings is 1. The molecule has 0 saturated heterocycles. The third kappa shape index (κ3) is 4.79. The molecule has 1 unspecified atom stereocenters. The molecule has 0 radical (unpaired) electrons. The summed E-state index contributed by atoms with van der Waals surface area (Å²) in [5, 5.41) is 16.1. The molecule has 1 fully saturated rings. The minimum atomic E-state index is -4.19. The fourth-order valence-electron chi connectivity index (χ4n) is 4.26. The lowest BCUT2D eigenvalue weighted by molar-refractivity contribution is -0.140. The van der Waals surface area contributed by atoms with E-state index in [4.69, 9.17) is 11.6 Å². The van der Waals surface area contributed by atoms with Crippen molar-refractivity contribution in [3.63, 3.8) is 0 Å². The summed E-state index contributed by atoms with van der Waals surface area (Å²) in [6.07, 6.45) is -0.0135. The quantitative estimate of drug-likeness (QED) is 0.333. The maximum absolute atomic E-state index is 13.4. The molecule has 0 bridgehead atoms. The number of rotatable bonds is 9. The molecule has 8 nitrogen and oxygen atoms in total. The van der Waals surface area contributed by atoms with Crippen LogP contribution in [0.4, 0.5) is 4.79 Å². The van der Waals surface area contributed by atoms with Crippen molar-refractivity contribution in [1.29, 1.82) is 0 Å². The average Bonchev–Trinajstić information content (AvgIpc) is 3.21. The van der Waals surface area contributed by atoms with Gasteiger partial charge in [-0.2, -0.15) is 4.72 Å². The number of amides is 2. The van der Waals surface area contributed by atoms with Crippen LogP contribution in [0.1, 0.15) is 18.9 Å². The van der Waals surface area contributed by atoms with Gasteiger partial charge in [0.1, 0.15) is 9.75 Å². The van der Waals surface area contributed by atoms with Crippen LogP contribution in [0.25, 0.3) is 10.4 Å². The minimum absolute atomic E-state index is 0.00591. The zero-order valence-electron chi connectivity index (χ0n) is 18.7. The predicted octanol–water partition coefficient (Wildman–Crippen LogP) is 3.83. The van der Waals surface area contributed by atoms with Crippen molar-refractivity contribution < 1.29 is 23.1 Å². The number of benzene rings is 2. The molecular formula is C24H24ClN3O5S2. The van der Waals surface area contributed by atoms with Crippen molar-refractivity contribution in [2.24, 2.45) is 0 Å². The Kier molecular flexibility index (Phi) is 6.92. The van der Waals surface area contributed by atoms with E-state index in [1.54, 1.807) is 67.6 Å². The summed E-state index contributed by atoms with van der Waals surface area (Å²) in [4.78, 5) is 25.3. The van der Waals surface area contributed by atoms with Crippen LogP contribution in [0.5, 0.6) is 0 Å². The number of nitrogens with one attached hydrogen (secondary N) is 3. The summed E-state index contributed by atoms with van der Waals surface area (Å²) >= 11 is 6.97. The Morgan fingerprint density at radius 2 is 1.71 bits per heavy atom. The summed E-state index contributed by atoms with van der Waals surface area (Å²) in [5.41, 5.74) is -1.56. The fraction of sp³-hybridized carbons (Fsp3) is 0.250. The number of sulfonamides is 1. The SMILES string of the molecule is CCNC(=O)NC[C@@]1(c2ccccc2)CC1(NS(=O)(=O)c1ccc(-c2ccc(Cl)cc2)s1)C(=O)O. The highest BCUT2D eigenvalue weighted by Crippen LogP contribution is 2.58. The van der Waals surface area contributed by atoms with E-state index in [-0.39, 0.29) is 17.2 Å². The standard InChI is InChI=1S/C24H24ClN3O5S2/c1-2-26-22(31)27-15-23(17-6-4-3-5-7-17)14-24(23,21(29)30)28-35(32,33)20-13-12-19(34-20)16-8-10-18(25)11-9-16/h3-13,28H,2,14-15H2,1H3,(H,29,30)(H2,26,27,31)/t23-,24?/m1/s1. The smallest absolute Gasteiger partial charge is 0.325 e. The lowest BCUT2D eigenvalue weighted by atomic mass is 9.90. The molecule has 4 rings (SSSR count). The average molecular weight is 534 g/mol. The summed E-state index contributed by atoms with van der Waals surface area (Å²) in [5.74, 6) is -1.31. The number of carbonyl (C=O) groups is 2. The Bertz CT molecular complexity index is 1340. The van der Waals surface area contributed by atoms with E-state index in [1.807, 2.05) is 0 Å². The molecular weight excluding hydrogens is 510 g/mol. The van der Waals surface area contributed by atoms with Crippen molar-refractivity contribution in [3.05, 3.63) is 77.3 Å². The molecule has 0 spiro atoms. The van der Waals surface area contributed by atoms with E-state index in [2.05, 4.69) is 15.4 Å². The first-order valence-electron chi connectivity index (χ1n) is 10.8. The van der Waals surface area contributed by atoms with Gasteiger partial charge >= 0.3 is 12.0 Å². The van der Waals surface area contributed by atoms with Gasteiger partial charge in [-0.05, 0) is 48.7 Å². The third-order valence-electron chi connectivity index (χ3n) is 6.12. The van der Waals surface area contributed by atoms with Gasteiger partial charge in [-0.3, -0.25) is 4.79 Å². The fourth-order valence-corrected chi connectivity index (χ4v) is 7.12. The van der Waals surface area contributed by atoms with Crippen molar-refractivity contribution in [2.45, 2.75) is 28.5 Å². The molecule has 2 aromatic carbocycles. The number of aliphatic carboxylic acids is 1. The molecule has 35 heavy (non-hydrogen) atoms. The number of carboxylic acids is 1. The predicted molar refractivity (Wildman–Crippen MR) is 135 cm³/mol. The van der Waals surface area contributed by atoms with E-state index in [1.165, 1.54) is 6.07 Å². The maximum atomic E-state index is 13.4. The highest BCUT2D eigenvalue weighted by molar-refractivity contribution is 7.91. The monoisotopic (exact) mass is 533 g/mol. The van der Waals surface area contributed by atoms with Crippen molar-refractivity contribution in [2.75, 3.05) is 13.1 Å². The first kappa shape index (κ1) is 25.2. The molecule has 0 aliphatic heterocycles. The lowest BCUT2D eigenvalue weighted by Crippen LogP contribution is -2.52. The molecule has 184 valence electrons. The van der Waals surface area contributed by atoms with Crippen LogP contribution in [0, 0.1) is 0 Å². The van der Waals surface area contributed by atoms with Crippen LogP contribution in [0.3, 0.4) is 0 Å². The van der Waals surface area contributed by atoms with E-state index in [0.717, 1.165) is 16.9 Å². The van der Waals surface area contributed by atoms with E-state index in [9.17, 15) is 23.1 Å². The molecule has 2 atom stereocenters. The van der Waals surface area contributed by atoms with Gasteiger partial charge in [-0.25, -0.2) is 13.2 Å². The molecule has 1 aromatic heterocycles. The first-order valence-corrected chi connectivity index (χ1v) is 13.5. The van der Waals surface area contributed by atoms with Gasteiger partial charge in [0.05, 0.1) is 0 Å². The Morgan fingerprint density at radius 1 is 1.03 bits per heavy atom. The molecule has 2 amide bonds. The van der Waals surface area contributed by atoms with Crippen molar-refractivity contribution >= 4 is 45.0 Å². The number of halogens is 1.